The summed E-state index contributed by atoms with van der Waals surface area (Å²) in [6.45, 7) is 0.776. The molecule has 2 fully saturated rings. The summed E-state index contributed by atoms with van der Waals surface area (Å²) >= 11 is 0. The van der Waals surface area contributed by atoms with Gasteiger partial charge in [-0.3, -0.25) is 4.79 Å². The summed E-state index contributed by atoms with van der Waals surface area (Å²) in [5.74, 6) is 0.137. The van der Waals surface area contributed by atoms with Gasteiger partial charge in [0.15, 0.2) is 0 Å². The van der Waals surface area contributed by atoms with Crippen molar-refractivity contribution in [1.29, 1.82) is 0 Å². The highest BCUT2D eigenvalue weighted by Gasteiger charge is 2.49. The molecule has 0 aliphatic carbocycles. The van der Waals surface area contributed by atoms with E-state index in [-0.39, 0.29) is 18.3 Å². The first-order valence-electron chi connectivity index (χ1n) is 9.48. The van der Waals surface area contributed by atoms with Crippen LogP contribution in [0.25, 0.3) is 0 Å². The molecule has 4 rings (SSSR count). The van der Waals surface area contributed by atoms with E-state index in [0.717, 1.165) is 22.6 Å². The largest absolute Gasteiger partial charge is 0.497 e. The minimum Gasteiger partial charge on any atom is -0.497 e. The molecule has 2 atom stereocenters. The van der Waals surface area contributed by atoms with Gasteiger partial charge < -0.3 is 15.0 Å². The fourth-order valence-corrected chi connectivity index (χ4v) is 3.95. The third-order valence-electron chi connectivity index (χ3n) is 5.46. The smallest absolute Gasteiger partial charge is 0.416 e. The number of urea groups is 1. The zero-order valence-corrected chi connectivity index (χ0v) is 16.1. The second kappa shape index (κ2) is 7.64. The quantitative estimate of drug-likeness (QED) is 0.825. The Morgan fingerprint density at radius 1 is 1.13 bits per heavy atom. The van der Waals surface area contributed by atoms with Crippen molar-refractivity contribution in [3.05, 3.63) is 59.7 Å². The van der Waals surface area contributed by atoms with Gasteiger partial charge in [0.1, 0.15) is 11.8 Å². The van der Waals surface area contributed by atoms with Gasteiger partial charge in [0.05, 0.1) is 24.4 Å². The van der Waals surface area contributed by atoms with Gasteiger partial charge >= 0.3 is 12.2 Å². The lowest BCUT2D eigenvalue weighted by molar-refractivity contribution is -0.137. The summed E-state index contributed by atoms with van der Waals surface area (Å²) in [6.07, 6.45) is -3.98. The van der Waals surface area contributed by atoms with E-state index in [1.165, 1.54) is 12.1 Å². The zero-order chi connectivity index (χ0) is 21.5. The number of alkyl halides is 3. The highest BCUT2D eigenvalue weighted by Crippen LogP contribution is 2.34. The maximum Gasteiger partial charge on any atom is 0.416 e. The molecule has 2 saturated heterocycles. The molecule has 0 spiro atoms. The SMILES string of the molecule is COc1ccc(CN2C(=O)N(c3cccc(C(F)(F)F)c3)C(=O)C3NCCC32)cc1. The Hall–Kier alpha value is -3.07. The number of anilines is 1. The molecule has 1 N–H and O–H groups in total. The standard InChI is InChI=1S/C21H20F3N3O3/c1-30-16-7-5-13(6-8-16)12-26-17-9-10-25-18(17)19(28)27(20(26)29)15-4-2-3-14(11-15)21(22,23)24/h2-8,11,17-18,25H,9-10,12H2,1H3. The van der Waals surface area contributed by atoms with Gasteiger partial charge in [-0.25, -0.2) is 9.69 Å². The summed E-state index contributed by atoms with van der Waals surface area (Å²) in [5, 5.41) is 3.08. The Bertz CT molecular complexity index is 962. The van der Waals surface area contributed by atoms with Crippen molar-refractivity contribution in [2.24, 2.45) is 0 Å². The molecule has 2 heterocycles. The summed E-state index contributed by atoms with van der Waals surface area (Å²) in [7, 11) is 1.55. The zero-order valence-electron chi connectivity index (χ0n) is 16.1. The summed E-state index contributed by atoms with van der Waals surface area (Å²) in [4.78, 5) is 28.6. The molecule has 158 valence electrons. The Morgan fingerprint density at radius 2 is 1.87 bits per heavy atom. The van der Waals surface area contributed by atoms with Crippen LogP contribution in [0.4, 0.5) is 23.7 Å². The number of ether oxygens (including phenoxy) is 1. The minimum atomic E-state index is -4.57. The topological polar surface area (TPSA) is 61.9 Å². The van der Waals surface area contributed by atoms with E-state index in [9.17, 15) is 22.8 Å². The number of benzene rings is 2. The van der Waals surface area contributed by atoms with Crippen LogP contribution in [0.5, 0.6) is 5.75 Å². The third-order valence-corrected chi connectivity index (χ3v) is 5.46. The molecular weight excluding hydrogens is 399 g/mol. The molecular formula is C21H20F3N3O3. The van der Waals surface area contributed by atoms with Crippen LogP contribution in [0, 0.1) is 0 Å². The van der Waals surface area contributed by atoms with E-state index in [2.05, 4.69) is 5.32 Å². The number of rotatable bonds is 4. The Kier molecular flexibility index (Phi) is 5.15. The summed E-state index contributed by atoms with van der Waals surface area (Å²) in [5.41, 5.74) is -0.177. The van der Waals surface area contributed by atoms with Crippen molar-refractivity contribution >= 4 is 17.6 Å². The van der Waals surface area contributed by atoms with Crippen molar-refractivity contribution in [1.82, 2.24) is 10.2 Å². The van der Waals surface area contributed by atoms with Crippen LogP contribution in [-0.2, 0) is 17.5 Å². The number of carbonyl (C=O) groups is 2. The van der Waals surface area contributed by atoms with E-state index in [4.69, 9.17) is 4.74 Å². The second-order valence-electron chi connectivity index (χ2n) is 7.27. The number of nitrogens with one attached hydrogen (secondary N) is 1. The maximum atomic E-state index is 13.3. The Labute approximate surface area is 171 Å². The van der Waals surface area contributed by atoms with Gasteiger partial charge in [0.25, 0.3) is 5.91 Å². The fourth-order valence-electron chi connectivity index (χ4n) is 3.95. The van der Waals surface area contributed by atoms with Crippen LogP contribution in [0.2, 0.25) is 0 Å². The van der Waals surface area contributed by atoms with Crippen molar-refractivity contribution in [2.45, 2.75) is 31.2 Å². The van der Waals surface area contributed by atoms with E-state index in [1.807, 2.05) is 12.1 Å². The highest BCUT2D eigenvalue weighted by atomic mass is 19.4. The van der Waals surface area contributed by atoms with Gasteiger partial charge in [0.2, 0.25) is 0 Å². The lowest BCUT2D eigenvalue weighted by Gasteiger charge is -2.42. The first kappa shape index (κ1) is 20.2. The normalized spacial score (nSPS) is 21.7. The molecule has 3 amide bonds. The molecule has 0 bridgehead atoms. The van der Waals surface area contributed by atoms with Gasteiger partial charge in [-0.1, -0.05) is 18.2 Å². The van der Waals surface area contributed by atoms with Crippen LogP contribution in [0.3, 0.4) is 0 Å². The molecule has 2 aromatic carbocycles. The first-order valence-corrected chi connectivity index (χ1v) is 9.48. The molecule has 30 heavy (non-hydrogen) atoms. The van der Waals surface area contributed by atoms with Crippen LogP contribution >= 0.6 is 0 Å². The van der Waals surface area contributed by atoms with Gasteiger partial charge in [0, 0.05) is 6.54 Å². The van der Waals surface area contributed by atoms with Gasteiger partial charge in [-0.05, 0) is 48.9 Å². The van der Waals surface area contributed by atoms with Crippen molar-refractivity contribution in [3.63, 3.8) is 0 Å². The van der Waals surface area contributed by atoms with Gasteiger partial charge in [-0.15, -0.1) is 0 Å². The number of imide groups is 1. The van der Waals surface area contributed by atoms with E-state index in [0.29, 0.717) is 18.7 Å². The Balaban J connectivity index is 1.68. The molecule has 0 radical (unpaired) electrons. The summed E-state index contributed by atoms with van der Waals surface area (Å²) in [6, 6.07) is 9.80. The average molecular weight is 419 g/mol. The number of amides is 3. The number of methoxy groups -OCH3 is 1. The van der Waals surface area contributed by atoms with E-state index in [1.54, 1.807) is 24.1 Å². The molecule has 0 saturated carbocycles. The molecule has 2 aromatic rings. The second-order valence-corrected chi connectivity index (χ2v) is 7.27. The molecule has 2 aliphatic heterocycles. The number of hydrogen-bond acceptors (Lipinski definition) is 4. The number of carbonyl (C=O) groups excluding carboxylic acids is 2. The molecule has 2 aliphatic rings. The van der Waals surface area contributed by atoms with Gasteiger partial charge in [-0.2, -0.15) is 13.2 Å². The van der Waals surface area contributed by atoms with Crippen molar-refractivity contribution < 1.29 is 27.5 Å². The monoisotopic (exact) mass is 419 g/mol. The average Bonchev–Trinajstić information content (AvgIpc) is 3.21. The lowest BCUT2D eigenvalue weighted by Crippen LogP contribution is -2.64. The van der Waals surface area contributed by atoms with Crippen LogP contribution in [0.1, 0.15) is 17.5 Å². The van der Waals surface area contributed by atoms with Crippen LogP contribution < -0.4 is 15.0 Å². The van der Waals surface area contributed by atoms with Crippen molar-refractivity contribution in [2.75, 3.05) is 18.6 Å². The number of nitrogens with zero attached hydrogens (tertiary/aromatic N) is 2. The fraction of sp³-hybridized carbons (Fsp3) is 0.333. The lowest BCUT2D eigenvalue weighted by atomic mass is 10.0. The molecule has 0 aromatic heterocycles. The molecule has 2 unspecified atom stereocenters. The van der Waals surface area contributed by atoms with Crippen molar-refractivity contribution in [3.8, 4) is 5.75 Å². The summed E-state index contributed by atoms with van der Waals surface area (Å²) < 4.78 is 44.6. The Morgan fingerprint density at radius 3 is 2.53 bits per heavy atom. The van der Waals surface area contributed by atoms with Crippen LogP contribution in [0.15, 0.2) is 48.5 Å². The number of halogens is 3. The number of hydrogen-bond donors (Lipinski definition) is 1. The predicted octanol–water partition coefficient (Wildman–Crippen LogP) is 3.41. The van der Waals surface area contributed by atoms with Crippen LogP contribution in [-0.4, -0.2) is 42.6 Å². The van der Waals surface area contributed by atoms with E-state index < -0.39 is 29.7 Å². The maximum absolute atomic E-state index is 13.3. The highest BCUT2D eigenvalue weighted by molar-refractivity contribution is 6.18. The third kappa shape index (κ3) is 3.60. The first-order chi connectivity index (χ1) is 14.3. The molecule has 9 heteroatoms. The van der Waals surface area contributed by atoms with E-state index >= 15 is 0 Å². The number of fused-ring (bicyclic) bond motifs is 1. The minimum absolute atomic E-state index is 0.0910. The predicted molar refractivity (Wildman–Crippen MR) is 103 cm³/mol. The molecule has 6 nitrogen and oxygen atoms in total.